The molecule has 0 unspecified atom stereocenters. The molecule has 0 aliphatic heterocycles. The molecule has 144 valence electrons. The number of rotatable bonds is 6. The fourth-order valence-corrected chi connectivity index (χ4v) is 3.58. The zero-order chi connectivity index (χ0) is 20.1. The summed E-state index contributed by atoms with van der Waals surface area (Å²) in [5, 5.41) is 6.57. The van der Waals surface area contributed by atoms with E-state index in [2.05, 4.69) is 54.8 Å². The number of aryl methyl sites for hydroxylation is 4. The van der Waals surface area contributed by atoms with Gasteiger partial charge in [-0.15, -0.1) is 0 Å². The summed E-state index contributed by atoms with van der Waals surface area (Å²) in [7, 11) is 0. The zero-order valence-corrected chi connectivity index (χ0v) is 17.1. The Balaban J connectivity index is 1.73. The largest absolute Gasteiger partial charge is 0.381 e. The van der Waals surface area contributed by atoms with E-state index in [1.165, 1.54) is 11.1 Å². The van der Waals surface area contributed by atoms with Crippen LogP contribution >= 0.6 is 0 Å². The predicted molar refractivity (Wildman–Crippen MR) is 118 cm³/mol. The van der Waals surface area contributed by atoms with Crippen LogP contribution in [0.5, 0.6) is 0 Å². The van der Waals surface area contributed by atoms with Crippen molar-refractivity contribution in [3.05, 3.63) is 94.0 Å². The number of hydrogen-bond donors (Lipinski definition) is 2. The maximum absolute atomic E-state index is 12.8. The van der Waals surface area contributed by atoms with Gasteiger partial charge in [0.15, 0.2) is 0 Å². The lowest BCUT2D eigenvalue weighted by Gasteiger charge is -2.14. The van der Waals surface area contributed by atoms with E-state index in [9.17, 15) is 4.79 Å². The fourth-order valence-electron chi connectivity index (χ4n) is 3.58. The number of hydrogen-bond acceptors (Lipinski definition) is 2. The molecule has 0 radical (unpaired) electrons. The monoisotopic (exact) mass is 372 g/mol. The van der Waals surface area contributed by atoms with Crippen molar-refractivity contribution in [2.24, 2.45) is 0 Å². The minimum Gasteiger partial charge on any atom is -0.381 e. The highest BCUT2D eigenvalue weighted by Crippen LogP contribution is 2.23. The molecular formula is C25H28N2O. The third kappa shape index (κ3) is 4.61. The number of nitrogens with one attached hydrogen (secondary N) is 2. The lowest BCUT2D eigenvalue weighted by molar-refractivity contribution is 0.102. The molecule has 0 saturated carbocycles. The Bertz CT molecular complexity index is 968. The molecule has 0 aliphatic carbocycles. The quantitative estimate of drug-likeness (QED) is 0.554. The van der Waals surface area contributed by atoms with Gasteiger partial charge in [-0.3, -0.25) is 4.79 Å². The van der Waals surface area contributed by atoms with E-state index >= 15 is 0 Å². The Morgan fingerprint density at radius 2 is 1.61 bits per heavy atom. The number of anilines is 2. The van der Waals surface area contributed by atoms with E-state index in [1.807, 2.05) is 44.2 Å². The average molecular weight is 373 g/mol. The molecule has 3 rings (SSSR count). The van der Waals surface area contributed by atoms with Gasteiger partial charge in [-0.1, -0.05) is 55.0 Å². The van der Waals surface area contributed by atoms with Crippen LogP contribution in [0.4, 0.5) is 11.4 Å². The van der Waals surface area contributed by atoms with Crippen LogP contribution in [0.2, 0.25) is 0 Å². The van der Waals surface area contributed by atoms with Crippen molar-refractivity contribution in [2.45, 2.75) is 40.7 Å². The lowest BCUT2D eigenvalue weighted by atomic mass is 10.0. The number of carbonyl (C=O) groups is 1. The average Bonchev–Trinajstić information content (AvgIpc) is 2.69. The number of para-hydroxylation sites is 1. The molecule has 0 aromatic heterocycles. The second-order valence-electron chi connectivity index (χ2n) is 7.29. The first kappa shape index (κ1) is 19.7. The molecule has 3 nitrogen and oxygen atoms in total. The number of benzene rings is 3. The van der Waals surface area contributed by atoms with E-state index in [0.29, 0.717) is 12.1 Å². The van der Waals surface area contributed by atoms with Gasteiger partial charge in [0.2, 0.25) is 0 Å². The van der Waals surface area contributed by atoms with Crippen LogP contribution in [0.15, 0.2) is 60.7 Å². The SMILES string of the molecule is CCc1ccccc1NCc1cccc(C(=O)Nc2c(C)cc(C)cc2C)c1. The number of amides is 1. The molecule has 0 heterocycles. The standard InChI is InChI=1S/C25H28N2O/c1-5-21-10-6-7-12-23(21)26-16-20-9-8-11-22(15-20)25(28)27-24-18(3)13-17(2)14-19(24)4/h6-15,26H,5,16H2,1-4H3,(H,27,28). The van der Waals surface area contributed by atoms with Gasteiger partial charge >= 0.3 is 0 Å². The summed E-state index contributed by atoms with van der Waals surface area (Å²) in [5.74, 6) is -0.0779. The Morgan fingerprint density at radius 3 is 2.32 bits per heavy atom. The van der Waals surface area contributed by atoms with Gasteiger partial charge < -0.3 is 10.6 Å². The van der Waals surface area contributed by atoms with Gasteiger partial charge in [0.25, 0.3) is 5.91 Å². The molecule has 3 heteroatoms. The van der Waals surface area contributed by atoms with Gasteiger partial charge in [0.05, 0.1) is 0 Å². The maximum Gasteiger partial charge on any atom is 0.255 e. The van der Waals surface area contributed by atoms with Crippen LogP contribution in [-0.2, 0) is 13.0 Å². The molecule has 0 saturated heterocycles. The summed E-state index contributed by atoms with van der Waals surface area (Å²) in [6.07, 6.45) is 0.987. The molecule has 28 heavy (non-hydrogen) atoms. The zero-order valence-electron chi connectivity index (χ0n) is 17.1. The highest BCUT2D eigenvalue weighted by atomic mass is 16.1. The summed E-state index contributed by atoms with van der Waals surface area (Å²) in [6, 6.07) is 20.3. The normalized spacial score (nSPS) is 10.6. The number of carbonyl (C=O) groups excluding carboxylic acids is 1. The van der Waals surface area contributed by atoms with E-state index in [-0.39, 0.29) is 5.91 Å². The fraction of sp³-hybridized carbons (Fsp3) is 0.240. The molecule has 2 N–H and O–H groups in total. The lowest BCUT2D eigenvalue weighted by Crippen LogP contribution is -2.14. The first-order valence-corrected chi connectivity index (χ1v) is 9.78. The summed E-state index contributed by atoms with van der Waals surface area (Å²) in [6.45, 7) is 8.96. The van der Waals surface area contributed by atoms with Gasteiger partial charge in [-0.2, -0.15) is 0 Å². The summed E-state index contributed by atoms with van der Waals surface area (Å²) >= 11 is 0. The van der Waals surface area contributed by atoms with Crippen LogP contribution in [0.1, 0.15) is 45.1 Å². The summed E-state index contributed by atoms with van der Waals surface area (Å²) in [5.41, 5.74) is 8.45. The van der Waals surface area contributed by atoms with Crippen LogP contribution < -0.4 is 10.6 Å². The van der Waals surface area contributed by atoms with Gasteiger partial charge in [0, 0.05) is 23.5 Å². The van der Waals surface area contributed by atoms with Crippen LogP contribution in [0.3, 0.4) is 0 Å². The Kier molecular flexibility index (Phi) is 6.15. The van der Waals surface area contributed by atoms with Crippen LogP contribution in [0, 0.1) is 20.8 Å². The second kappa shape index (κ2) is 8.75. The van der Waals surface area contributed by atoms with Gasteiger partial charge in [-0.25, -0.2) is 0 Å². The van der Waals surface area contributed by atoms with Crippen molar-refractivity contribution >= 4 is 17.3 Å². The molecule has 1 amide bonds. The van der Waals surface area contributed by atoms with E-state index in [1.54, 1.807) is 0 Å². The Labute approximate surface area is 167 Å². The minimum atomic E-state index is -0.0779. The van der Waals surface area contributed by atoms with Crippen molar-refractivity contribution in [1.29, 1.82) is 0 Å². The highest BCUT2D eigenvalue weighted by Gasteiger charge is 2.11. The van der Waals surface area contributed by atoms with Crippen molar-refractivity contribution in [2.75, 3.05) is 10.6 Å². The first-order valence-electron chi connectivity index (χ1n) is 9.78. The van der Waals surface area contributed by atoms with E-state index in [4.69, 9.17) is 0 Å². The van der Waals surface area contributed by atoms with Crippen molar-refractivity contribution in [1.82, 2.24) is 0 Å². The van der Waals surface area contributed by atoms with Crippen LogP contribution in [0.25, 0.3) is 0 Å². The first-order chi connectivity index (χ1) is 13.5. The topological polar surface area (TPSA) is 41.1 Å². The third-order valence-corrected chi connectivity index (χ3v) is 4.99. The van der Waals surface area contributed by atoms with Gasteiger partial charge in [-0.05, 0) is 67.6 Å². The Hall–Kier alpha value is -3.07. The molecular weight excluding hydrogens is 344 g/mol. The van der Waals surface area contributed by atoms with E-state index in [0.717, 1.165) is 34.5 Å². The summed E-state index contributed by atoms with van der Waals surface area (Å²) < 4.78 is 0. The van der Waals surface area contributed by atoms with E-state index < -0.39 is 0 Å². The second-order valence-corrected chi connectivity index (χ2v) is 7.29. The minimum absolute atomic E-state index is 0.0779. The Morgan fingerprint density at radius 1 is 0.893 bits per heavy atom. The van der Waals surface area contributed by atoms with Crippen molar-refractivity contribution in [3.63, 3.8) is 0 Å². The molecule has 0 spiro atoms. The molecule has 0 atom stereocenters. The molecule has 0 bridgehead atoms. The predicted octanol–water partition coefficient (Wildman–Crippen LogP) is 6.04. The summed E-state index contributed by atoms with van der Waals surface area (Å²) in [4.78, 5) is 12.8. The molecule has 0 aliphatic rings. The maximum atomic E-state index is 12.8. The highest BCUT2D eigenvalue weighted by molar-refractivity contribution is 6.05. The molecule has 3 aromatic rings. The molecule has 3 aromatic carbocycles. The molecule has 0 fully saturated rings. The van der Waals surface area contributed by atoms with Crippen molar-refractivity contribution < 1.29 is 4.79 Å². The van der Waals surface area contributed by atoms with Crippen LogP contribution in [-0.4, -0.2) is 5.91 Å². The smallest absolute Gasteiger partial charge is 0.255 e. The van der Waals surface area contributed by atoms with Crippen molar-refractivity contribution in [3.8, 4) is 0 Å². The third-order valence-electron chi connectivity index (χ3n) is 4.99. The van der Waals surface area contributed by atoms with Gasteiger partial charge in [0.1, 0.15) is 0 Å².